The molecule has 9 nitrogen and oxygen atoms in total. The Kier molecular flexibility index (Phi) is 2.89. The third-order valence-electron chi connectivity index (χ3n) is 3.91. The van der Waals surface area contributed by atoms with Gasteiger partial charge in [-0.05, 0) is 12.1 Å². The van der Waals surface area contributed by atoms with Crippen LogP contribution < -0.4 is 16.2 Å². The molecule has 0 saturated heterocycles. The van der Waals surface area contributed by atoms with Gasteiger partial charge in [-0.25, -0.2) is 9.78 Å². The molecule has 0 spiro atoms. The SMILES string of the molecule is CNC(=O)Nc1ccc2c(c1)C(=NO)c1c-2[nH]c(=O)c2nccn12. The summed E-state index contributed by atoms with van der Waals surface area (Å²) in [6.07, 6.45) is 3.13. The van der Waals surface area contributed by atoms with Crippen LogP contribution in [0.25, 0.3) is 16.9 Å². The van der Waals surface area contributed by atoms with Gasteiger partial charge in [0, 0.05) is 36.3 Å². The first-order valence-corrected chi connectivity index (χ1v) is 7.09. The van der Waals surface area contributed by atoms with Crippen LogP contribution in [-0.2, 0) is 0 Å². The van der Waals surface area contributed by atoms with Crippen LogP contribution in [0.1, 0.15) is 11.3 Å². The summed E-state index contributed by atoms with van der Waals surface area (Å²) in [6, 6.07) is 4.77. The maximum absolute atomic E-state index is 12.1. The molecule has 24 heavy (non-hydrogen) atoms. The summed E-state index contributed by atoms with van der Waals surface area (Å²) < 4.78 is 1.58. The summed E-state index contributed by atoms with van der Waals surface area (Å²) in [4.78, 5) is 30.4. The van der Waals surface area contributed by atoms with Crippen LogP contribution in [0.15, 0.2) is 40.5 Å². The molecule has 0 atom stereocenters. The number of nitrogens with one attached hydrogen (secondary N) is 3. The molecule has 0 bridgehead atoms. The summed E-state index contributed by atoms with van der Waals surface area (Å²) in [7, 11) is 1.51. The molecule has 2 amide bonds. The Labute approximate surface area is 134 Å². The standard InChI is InChI=1S/C15H12N6O3/c1-16-15(23)18-7-2-3-8-9(6-7)11(20-24)12-10(8)19-14(22)13-17-4-5-21(12)13/h2-6,24H,1H3,(H,19,22)(H2,16,18,23). The van der Waals surface area contributed by atoms with Crippen molar-refractivity contribution in [3.63, 3.8) is 0 Å². The second-order valence-electron chi connectivity index (χ2n) is 5.21. The second-order valence-corrected chi connectivity index (χ2v) is 5.21. The van der Waals surface area contributed by atoms with E-state index >= 15 is 0 Å². The van der Waals surface area contributed by atoms with E-state index in [2.05, 4.69) is 25.8 Å². The number of fused-ring (bicyclic) bond motifs is 5. The molecule has 1 aliphatic rings. The molecule has 1 aliphatic carbocycles. The van der Waals surface area contributed by atoms with Crippen molar-refractivity contribution in [2.24, 2.45) is 5.16 Å². The lowest BCUT2D eigenvalue weighted by atomic mass is 10.1. The van der Waals surface area contributed by atoms with Gasteiger partial charge in [0.1, 0.15) is 11.4 Å². The highest BCUT2D eigenvalue weighted by atomic mass is 16.4. The molecule has 2 aromatic heterocycles. The van der Waals surface area contributed by atoms with Crippen LogP contribution >= 0.6 is 0 Å². The lowest BCUT2D eigenvalue weighted by Crippen LogP contribution is -2.24. The molecule has 0 unspecified atom stereocenters. The number of H-pyrrole nitrogens is 1. The molecule has 1 aromatic carbocycles. The molecule has 120 valence electrons. The first-order chi connectivity index (χ1) is 11.6. The largest absolute Gasteiger partial charge is 0.410 e. The zero-order valence-corrected chi connectivity index (χ0v) is 12.5. The van der Waals surface area contributed by atoms with Crippen LogP contribution in [-0.4, -0.2) is 38.4 Å². The number of nitrogens with zero attached hydrogens (tertiary/aromatic N) is 3. The zero-order chi connectivity index (χ0) is 16.8. The minimum Gasteiger partial charge on any atom is -0.410 e. The number of aromatic nitrogens is 3. The Morgan fingerprint density at radius 3 is 2.96 bits per heavy atom. The molecular formula is C15H12N6O3. The van der Waals surface area contributed by atoms with Gasteiger partial charge in [-0.1, -0.05) is 11.2 Å². The fraction of sp³-hybridized carbons (Fsp3) is 0.0667. The number of benzene rings is 1. The highest BCUT2D eigenvalue weighted by molar-refractivity contribution is 6.23. The second kappa shape index (κ2) is 4.95. The van der Waals surface area contributed by atoms with E-state index in [9.17, 15) is 14.8 Å². The molecule has 0 aliphatic heterocycles. The molecule has 4 N–H and O–H groups in total. The van der Waals surface area contributed by atoms with Crippen LogP contribution in [0.4, 0.5) is 10.5 Å². The van der Waals surface area contributed by atoms with Gasteiger partial charge in [-0.2, -0.15) is 0 Å². The highest BCUT2D eigenvalue weighted by Crippen LogP contribution is 2.36. The van der Waals surface area contributed by atoms with Gasteiger partial charge in [-0.15, -0.1) is 0 Å². The summed E-state index contributed by atoms with van der Waals surface area (Å²) in [5, 5.41) is 18.0. The monoisotopic (exact) mass is 324 g/mol. The molecule has 0 saturated carbocycles. The lowest BCUT2D eigenvalue weighted by molar-refractivity contribution is 0.254. The van der Waals surface area contributed by atoms with Crippen LogP contribution in [0.5, 0.6) is 0 Å². The van der Waals surface area contributed by atoms with Crippen molar-refractivity contribution in [3.05, 3.63) is 52.2 Å². The Hall–Kier alpha value is -3.62. The average molecular weight is 324 g/mol. The summed E-state index contributed by atoms with van der Waals surface area (Å²) in [5.74, 6) is 0. The van der Waals surface area contributed by atoms with E-state index < -0.39 is 0 Å². The number of carbonyl (C=O) groups excluding carboxylic acids is 1. The van der Waals surface area contributed by atoms with E-state index in [1.807, 2.05) is 0 Å². The normalized spacial score (nSPS) is 13.8. The Bertz CT molecular complexity index is 1080. The van der Waals surface area contributed by atoms with Gasteiger partial charge in [0.05, 0.1) is 5.69 Å². The third-order valence-corrected chi connectivity index (χ3v) is 3.91. The van der Waals surface area contributed by atoms with Crippen molar-refractivity contribution >= 4 is 23.1 Å². The van der Waals surface area contributed by atoms with Gasteiger partial charge in [0.25, 0.3) is 5.56 Å². The first-order valence-electron chi connectivity index (χ1n) is 7.09. The summed E-state index contributed by atoms with van der Waals surface area (Å²) in [6.45, 7) is 0. The lowest BCUT2D eigenvalue weighted by Gasteiger charge is -2.06. The van der Waals surface area contributed by atoms with E-state index in [1.54, 1.807) is 28.8 Å². The van der Waals surface area contributed by atoms with Gasteiger partial charge in [-0.3, -0.25) is 9.20 Å². The van der Waals surface area contributed by atoms with E-state index in [4.69, 9.17) is 0 Å². The number of urea groups is 1. The number of aromatic amines is 1. The number of amides is 2. The van der Waals surface area contributed by atoms with Gasteiger partial charge in [0.15, 0.2) is 0 Å². The molecule has 3 aromatic rings. The number of oxime groups is 1. The predicted octanol–water partition coefficient (Wildman–Crippen LogP) is 0.981. The van der Waals surface area contributed by atoms with E-state index in [1.165, 1.54) is 13.2 Å². The zero-order valence-electron chi connectivity index (χ0n) is 12.5. The minimum absolute atomic E-state index is 0.214. The number of anilines is 1. The number of hydrogen-bond acceptors (Lipinski definition) is 5. The highest BCUT2D eigenvalue weighted by Gasteiger charge is 2.30. The number of hydrogen-bond donors (Lipinski definition) is 4. The smallest absolute Gasteiger partial charge is 0.318 e. The Morgan fingerprint density at radius 2 is 2.21 bits per heavy atom. The van der Waals surface area contributed by atoms with Crippen molar-refractivity contribution in [2.75, 3.05) is 12.4 Å². The molecule has 9 heteroatoms. The number of carbonyl (C=O) groups is 1. The Balaban J connectivity index is 1.96. The topological polar surface area (TPSA) is 124 Å². The molecule has 4 rings (SSSR count). The van der Waals surface area contributed by atoms with Crippen molar-refractivity contribution in [1.29, 1.82) is 0 Å². The van der Waals surface area contributed by atoms with Crippen LogP contribution in [0.2, 0.25) is 0 Å². The van der Waals surface area contributed by atoms with Crippen molar-refractivity contribution in [2.45, 2.75) is 0 Å². The van der Waals surface area contributed by atoms with E-state index in [0.29, 0.717) is 33.9 Å². The summed E-state index contributed by atoms with van der Waals surface area (Å²) in [5.41, 5.74) is 3.08. The quantitative estimate of drug-likeness (QED) is 0.308. The fourth-order valence-corrected chi connectivity index (χ4v) is 2.89. The minimum atomic E-state index is -0.363. The Morgan fingerprint density at radius 1 is 1.38 bits per heavy atom. The molecule has 0 fully saturated rings. The van der Waals surface area contributed by atoms with Gasteiger partial charge >= 0.3 is 6.03 Å². The van der Waals surface area contributed by atoms with Crippen molar-refractivity contribution in [3.8, 4) is 11.3 Å². The molecule has 0 radical (unpaired) electrons. The number of imidazole rings is 1. The van der Waals surface area contributed by atoms with Crippen molar-refractivity contribution in [1.82, 2.24) is 19.7 Å². The van der Waals surface area contributed by atoms with Crippen molar-refractivity contribution < 1.29 is 10.0 Å². The average Bonchev–Trinajstić information content (AvgIpc) is 3.17. The number of rotatable bonds is 1. The van der Waals surface area contributed by atoms with Crippen LogP contribution in [0, 0.1) is 0 Å². The summed E-state index contributed by atoms with van der Waals surface area (Å²) >= 11 is 0. The maximum atomic E-state index is 12.1. The van der Waals surface area contributed by atoms with E-state index in [-0.39, 0.29) is 17.2 Å². The fourth-order valence-electron chi connectivity index (χ4n) is 2.89. The molecular weight excluding hydrogens is 312 g/mol. The third kappa shape index (κ3) is 1.81. The molecule has 2 heterocycles. The van der Waals surface area contributed by atoms with Gasteiger partial charge in [0.2, 0.25) is 5.65 Å². The maximum Gasteiger partial charge on any atom is 0.318 e. The van der Waals surface area contributed by atoms with Crippen LogP contribution in [0.3, 0.4) is 0 Å². The van der Waals surface area contributed by atoms with Gasteiger partial charge < -0.3 is 20.8 Å². The predicted molar refractivity (Wildman–Crippen MR) is 86.8 cm³/mol. The van der Waals surface area contributed by atoms with E-state index in [0.717, 1.165) is 0 Å². The first kappa shape index (κ1) is 14.0.